The van der Waals surface area contributed by atoms with Crippen LogP contribution in [0.15, 0.2) is 41.2 Å². The second-order valence-electron chi connectivity index (χ2n) is 4.90. The Hall–Kier alpha value is -2.37. The van der Waals surface area contributed by atoms with Crippen LogP contribution in [-0.2, 0) is 0 Å². The molecule has 0 spiro atoms. The van der Waals surface area contributed by atoms with Gasteiger partial charge in [-0.15, -0.1) is 0 Å². The lowest BCUT2D eigenvalue weighted by Gasteiger charge is -2.35. The maximum absolute atomic E-state index is 11.3. The summed E-state index contributed by atoms with van der Waals surface area (Å²) in [6.45, 7) is 0.474. The Morgan fingerprint density at radius 1 is 1.35 bits per heavy atom. The van der Waals surface area contributed by atoms with E-state index in [1.807, 2.05) is 18.2 Å². The van der Waals surface area contributed by atoms with Gasteiger partial charge < -0.3 is 9.63 Å². The summed E-state index contributed by atoms with van der Waals surface area (Å²) in [6.07, 6.45) is 1.83. The second-order valence-corrected chi connectivity index (χ2v) is 4.90. The van der Waals surface area contributed by atoms with E-state index in [1.165, 1.54) is 16.8 Å². The number of carbonyl (C=O) groups is 1. The lowest BCUT2D eigenvalue weighted by molar-refractivity contribution is 0.0869. The van der Waals surface area contributed by atoms with Crippen molar-refractivity contribution in [3.05, 3.63) is 48.1 Å². The van der Waals surface area contributed by atoms with Crippen LogP contribution in [0.5, 0.6) is 0 Å². The first-order valence-corrected chi connectivity index (χ1v) is 6.57. The molecule has 2 heterocycles. The van der Waals surface area contributed by atoms with Crippen molar-refractivity contribution in [2.24, 2.45) is 0 Å². The fourth-order valence-corrected chi connectivity index (χ4v) is 2.78. The van der Waals surface area contributed by atoms with Crippen molar-refractivity contribution in [1.82, 2.24) is 15.0 Å². The summed E-state index contributed by atoms with van der Waals surface area (Å²) in [7, 11) is 0. The van der Waals surface area contributed by atoms with Gasteiger partial charge in [-0.25, -0.2) is 4.79 Å². The van der Waals surface area contributed by atoms with E-state index < -0.39 is 6.09 Å². The van der Waals surface area contributed by atoms with Gasteiger partial charge in [-0.1, -0.05) is 35.5 Å². The Labute approximate surface area is 116 Å². The molecule has 1 aliphatic heterocycles. The van der Waals surface area contributed by atoms with Crippen LogP contribution in [0.2, 0.25) is 0 Å². The molecule has 0 radical (unpaired) electrons. The number of hydrogen-bond donors (Lipinski definition) is 1. The van der Waals surface area contributed by atoms with Gasteiger partial charge in [0.2, 0.25) is 5.89 Å². The van der Waals surface area contributed by atoms with Gasteiger partial charge in [0.05, 0.1) is 0 Å². The van der Waals surface area contributed by atoms with E-state index in [-0.39, 0.29) is 6.04 Å². The zero-order valence-electron chi connectivity index (χ0n) is 10.8. The van der Waals surface area contributed by atoms with Crippen LogP contribution < -0.4 is 0 Å². The average molecular weight is 273 g/mol. The number of piperidine rings is 1. The van der Waals surface area contributed by atoms with Crippen molar-refractivity contribution in [3.8, 4) is 0 Å². The first-order valence-electron chi connectivity index (χ1n) is 6.57. The summed E-state index contributed by atoms with van der Waals surface area (Å²) in [5.41, 5.74) is 1.22. The minimum atomic E-state index is -0.945. The predicted octanol–water partition coefficient (Wildman–Crippen LogP) is 2.67. The monoisotopic (exact) mass is 273 g/mol. The largest absolute Gasteiger partial charge is 0.465 e. The Balaban J connectivity index is 1.85. The molecular weight excluding hydrogens is 258 g/mol. The summed E-state index contributed by atoms with van der Waals surface area (Å²) in [5, 5.41) is 12.9. The Morgan fingerprint density at radius 2 is 2.15 bits per heavy atom. The molecule has 0 saturated carbocycles. The number of likely N-dealkylation sites (tertiary alicyclic amines) is 1. The third-order valence-corrected chi connectivity index (χ3v) is 3.78. The molecule has 1 N–H and O–H groups in total. The molecule has 0 bridgehead atoms. The third-order valence-electron chi connectivity index (χ3n) is 3.78. The van der Waals surface area contributed by atoms with E-state index in [4.69, 9.17) is 4.52 Å². The Morgan fingerprint density at radius 3 is 2.80 bits per heavy atom. The first kappa shape index (κ1) is 12.7. The molecule has 6 heteroatoms. The van der Waals surface area contributed by atoms with Crippen LogP contribution in [0.25, 0.3) is 0 Å². The van der Waals surface area contributed by atoms with Crippen LogP contribution in [0.1, 0.15) is 36.3 Å². The highest BCUT2D eigenvalue weighted by Gasteiger charge is 2.36. The second kappa shape index (κ2) is 5.32. The number of carboxylic acid groups (broad SMARTS) is 1. The van der Waals surface area contributed by atoms with Crippen LogP contribution in [-0.4, -0.2) is 32.8 Å². The van der Waals surface area contributed by atoms with Crippen LogP contribution >= 0.6 is 0 Å². The lowest BCUT2D eigenvalue weighted by atomic mass is 9.85. The van der Waals surface area contributed by atoms with Gasteiger partial charge >= 0.3 is 6.09 Å². The van der Waals surface area contributed by atoms with E-state index in [0.29, 0.717) is 24.8 Å². The zero-order valence-corrected chi connectivity index (χ0v) is 10.8. The highest BCUT2D eigenvalue weighted by Crippen LogP contribution is 2.38. The molecule has 1 aliphatic rings. The number of rotatable bonds is 2. The van der Waals surface area contributed by atoms with Crippen LogP contribution in [0, 0.1) is 0 Å². The van der Waals surface area contributed by atoms with E-state index in [0.717, 1.165) is 6.42 Å². The van der Waals surface area contributed by atoms with Crippen molar-refractivity contribution in [2.75, 3.05) is 6.54 Å². The summed E-state index contributed by atoms with van der Waals surface area (Å²) in [4.78, 5) is 16.7. The SMILES string of the molecule is O=C(O)N1CCC(c2ccccc2)CC1c1ncno1. The molecule has 1 aromatic heterocycles. The summed E-state index contributed by atoms with van der Waals surface area (Å²) < 4.78 is 5.07. The van der Waals surface area contributed by atoms with Crippen LogP contribution in [0.4, 0.5) is 4.79 Å². The first-order chi connectivity index (χ1) is 9.75. The van der Waals surface area contributed by atoms with E-state index in [1.54, 1.807) is 0 Å². The van der Waals surface area contributed by atoms with Crippen molar-refractivity contribution in [2.45, 2.75) is 24.8 Å². The minimum absolute atomic E-state index is 0.309. The van der Waals surface area contributed by atoms with E-state index in [9.17, 15) is 9.90 Å². The van der Waals surface area contributed by atoms with Gasteiger partial charge in [-0.2, -0.15) is 4.98 Å². The molecule has 1 fully saturated rings. The van der Waals surface area contributed by atoms with E-state index in [2.05, 4.69) is 22.3 Å². The molecule has 1 aromatic carbocycles. The van der Waals surface area contributed by atoms with Gasteiger partial charge in [-0.05, 0) is 24.3 Å². The van der Waals surface area contributed by atoms with Crippen molar-refractivity contribution in [1.29, 1.82) is 0 Å². The van der Waals surface area contributed by atoms with Gasteiger partial charge in [0, 0.05) is 6.54 Å². The molecule has 20 heavy (non-hydrogen) atoms. The van der Waals surface area contributed by atoms with Gasteiger partial charge in [0.25, 0.3) is 0 Å². The number of benzene rings is 1. The predicted molar refractivity (Wildman–Crippen MR) is 70.2 cm³/mol. The molecule has 2 aromatic rings. The molecule has 0 aliphatic carbocycles. The number of hydrogen-bond acceptors (Lipinski definition) is 4. The zero-order chi connectivity index (χ0) is 13.9. The highest BCUT2D eigenvalue weighted by molar-refractivity contribution is 5.65. The number of amides is 1. The summed E-state index contributed by atoms with van der Waals surface area (Å²) >= 11 is 0. The van der Waals surface area contributed by atoms with Crippen molar-refractivity contribution < 1.29 is 14.4 Å². The molecular formula is C14H15N3O3. The van der Waals surface area contributed by atoms with Crippen molar-refractivity contribution in [3.63, 3.8) is 0 Å². The fraction of sp³-hybridized carbons (Fsp3) is 0.357. The molecule has 104 valence electrons. The van der Waals surface area contributed by atoms with Crippen molar-refractivity contribution >= 4 is 6.09 Å². The average Bonchev–Trinajstić information content (AvgIpc) is 3.01. The molecule has 6 nitrogen and oxygen atoms in total. The number of nitrogens with zero attached hydrogens (tertiary/aromatic N) is 3. The topological polar surface area (TPSA) is 79.5 Å². The Bertz CT molecular complexity index is 571. The molecule has 2 atom stereocenters. The van der Waals surface area contributed by atoms with Gasteiger partial charge in [0.15, 0.2) is 6.33 Å². The maximum Gasteiger partial charge on any atom is 0.407 e. The lowest BCUT2D eigenvalue weighted by Crippen LogP contribution is -2.39. The summed E-state index contributed by atoms with van der Waals surface area (Å²) in [5.74, 6) is 0.678. The minimum Gasteiger partial charge on any atom is -0.465 e. The molecule has 1 amide bonds. The summed E-state index contributed by atoms with van der Waals surface area (Å²) in [6, 6.07) is 9.76. The number of aromatic nitrogens is 2. The smallest absolute Gasteiger partial charge is 0.407 e. The maximum atomic E-state index is 11.3. The fourth-order valence-electron chi connectivity index (χ4n) is 2.78. The highest BCUT2D eigenvalue weighted by atomic mass is 16.5. The molecule has 1 saturated heterocycles. The standard InChI is InChI=1S/C14H15N3O3/c18-14(19)17-7-6-11(10-4-2-1-3-5-10)8-12(17)13-15-9-16-20-13/h1-5,9,11-12H,6-8H2,(H,18,19). The van der Waals surface area contributed by atoms with E-state index >= 15 is 0 Å². The van der Waals surface area contributed by atoms with Gasteiger partial charge in [-0.3, -0.25) is 4.90 Å². The normalized spacial score (nSPS) is 22.7. The molecule has 3 rings (SSSR count). The quantitative estimate of drug-likeness (QED) is 0.909. The Kier molecular flexibility index (Phi) is 3.37. The third kappa shape index (κ3) is 2.36. The van der Waals surface area contributed by atoms with Gasteiger partial charge in [0.1, 0.15) is 6.04 Å². The van der Waals surface area contributed by atoms with Crippen LogP contribution in [0.3, 0.4) is 0 Å². The molecule has 2 unspecified atom stereocenters.